The first kappa shape index (κ1) is 16.9. The van der Waals surface area contributed by atoms with E-state index in [1.165, 1.54) is 13.2 Å². The Kier molecular flexibility index (Phi) is 6.57. The summed E-state index contributed by atoms with van der Waals surface area (Å²) in [4.78, 5) is 11.6. The van der Waals surface area contributed by atoms with Gasteiger partial charge < -0.3 is 14.2 Å². The maximum Gasteiger partial charge on any atom is 0.348 e. The second-order valence-corrected chi connectivity index (χ2v) is 4.26. The Balaban J connectivity index is 3.24. The molecule has 1 aromatic rings. The summed E-state index contributed by atoms with van der Waals surface area (Å²) in [6, 6.07) is 5.03. The topological polar surface area (TPSA) is 68.6 Å². The van der Waals surface area contributed by atoms with Crippen molar-refractivity contribution in [3.63, 3.8) is 0 Å². The average Bonchev–Trinajstić information content (AvgIpc) is 2.45. The van der Waals surface area contributed by atoms with Gasteiger partial charge in [-0.05, 0) is 37.6 Å². The zero-order valence-electron chi connectivity index (χ0n) is 12.1. The first-order chi connectivity index (χ1) is 10.1. The van der Waals surface area contributed by atoms with Crippen LogP contribution < -0.4 is 9.47 Å². The average molecular weight is 310 g/mol. The second-order valence-electron chi connectivity index (χ2n) is 3.86. The van der Waals surface area contributed by atoms with Crippen molar-refractivity contribution in [1.29, 1.82) is 5.26 Å². The molecule has 0 radical (unpaired) electrons. The van der Waals surface area contributed by atoms with Crippen LogP contribution in [-0.2, 0) is 9.53 Å². The van der Waals surface area contributed by atoms with Crippen molar-refractivity contribution in [2.75, 3.05) is 20.3 Å². The van der Waals surface area contributed by atoms with E-state index in [9.17, 15) is 4.79 Å². The molecule has 0 N–H and O–H groups in total. The van der Waals surface area contributed by atoms with E-state index in [4.69, 9.17) is 31.1 Å². The highest BCUT2D eigenvalue weighted by molar-refractivity contribution is 6.32. The van der Waals surface area contributed by atoms with Gasteiger partial charge in [0.2, 0.25) is 0 Å². The molecule has 0 aliphatic rings. The molecule has 0 amide bonds. The Morgan fingerprint density at radius 2 is 2.10 bits per heavy atom. The third-order valence-corrected chi connectivity index (χ3v) is 2.74. The summed E-state index contributed by atoms with van der Waals surface area (Å²) in [5, 5.41) is 9.35. The van der Waals surface area contributed by atoms with Gasteiger partial charge in [0, 0.05) is 0 Å². The minimum absolute atomic E-state index is 0.111. The molecule has 5 nitrogen and oxygen atoms in total. The summed E-state index contributed by atoms with van der Waals surface area (Å²) in [5.41, 5.74) is 0.439. The molecule has 0 unspecified atom stereocenters. The molecule has 0 aliphatic carbocycles. The first-order valence-electron chi connectivity index (χ1n) is 6.36. The van der Waals surface area contributed by atoms with Crippen LogP contribution in [0.2, 0.25) is 5.02 Å². The van der Waals surface area contributed by atoms with Gasteiger partial charge >= 0.3 is 5.97 Å². The molecule has 0 aromatic heterocycles. The van der Waals surface area contributed by atoms with Crippen molar-refractivity contribution in [3.05, 3.63) is 28.3 Å². The zero-order chi connectivity index (χ0) is 15.8. The number of nitrogens with zero attached hydrogens (tertiary/aromatic N) is 1. The summed E-state index contributed by atoms with van der Waals surface area (Å²) < 4.78 is 15.4. The number of benzene rings is 1. The smallest absolute Gasteiger partial charge is 0.348 e. The fourth-order valence-electron chi connectivity index (χ4n) is 1.64. The van der Waals surface area contributed by atoms with Gasteiger partial charge in [-0.3, -0.25) is 0 Å². The van der Waals surface area contributed by atoms with Crippen LogP contribution in [0.1, 0.15) is 19.4 Å². The van der Waals surface area contributed by atoms with Crippen molar-refractivity contribution in [2.45, 2.75) is 13.8 Å². The highest BCUT2D eigenvalue weighted by Crippen LogP contribution is 2.36. The molecular formula is C15H16ClNO4. The van der Waals surface area contributed by atoms with Crippen LogP contribution in [0.3, 0.4) is 0 Å². The van der Waals surface area contributed by atoms with E-state index < -0.39 is 5.97 Å². The molecule has 1 aromatic carbocycles. The van der Waals surface area contributed by atoms with E-state index in [0.29, 0.717) is 28.7 Å². The van der Waals surface area contributed by atoms with Crippen LogP contribution in [0, 0.1) is 11.3 Å². The Hall–Kier alpha value is -2.19. The van der Waals surface area contributed by atoms with Gasteiger partial charge in [-0.2, -0.15) is 5.26 Å². The molecular weight excluding hydrogens is 294 g/mol. The number of carbonyl (C=O) groups excluding carboxylic acids is 1. The van der Waals surface area contributed by atoms with Crippen LogP contribution >= 0.6 is 11.6 Å². The number of halogens is 1. The van der Waals surface area contributed by atoms with E-state index in [0.717, 1.165) is 0 Å². The third kappa shape index (κ3) is 4.40. The molecule has 0 bridgehead atoms. The second kappa shape index (κ2) is 8.18. The normalized spacial score (nSPS) is 10.7. The number of rotatable bonds is 6. The van der Waals surface area contributed by atoms with E-state index in [1.54, 1.807) is 25.1 Å². The van der Waals surface area contributed by atoms with Crippen LogP contribution in [0.5, 0.6) is 11.5 Å². The van der Waals surface area contributed by atoms with Crippen molar-refractivity contribution >= 4 is 23.6 Å². The predicted molar refractivity (Wildman–Crippen MR) is 79.4 cm³/mol. The summed E-state index contributed by atoms with van der Waals surface area (Å²) in [6.07, 6.45) is 1.39. The molecule has 0 aliphatic heterocycles. The van der Waals surface area contributed by atoms with Crippen molar-refractivity contribution in [2.24, 2.45) is 0 Å². The van der Waals surface area contributed by atoms with Crippen LogP contribution in [0.15, 0.2) is 17.7 Å². The van der Waals surface area contributed by atoms with Gasteiger partial charge in [-0.1, -0.05) is 11.6 Å². The molecule has 1 rings (SSSR count). The van der Waals surface area contributed by atoms with E-state index in [1.807, 2.05) is 6.92 Å². The fraction of sp³-hybridized carbons (Fsp3) is 0.333. The van der Waals surface area contributed by atoms with Gasteiger partial charge in [-0.25, -0.2) is 4.79 Å². The summed E-state index contributed by atoms with van der Waals surface area (Å²) in [6.45, 7) is 4.13. The lowest BCUT2D eigenvalue weighted by Crippen LogP contribution is -2.06. The standard InChI is InChI=1S/C15H16ClNO4/c1-4-20-13-8-10(7-12(16)14(13)19-3)6-11(9-17)15(18)21-5-2/h6-8H,4-5H2,1-3H3/b11-6-. The van der Waals surface area contributed by atoms with E-state index >= 15 is 0 Å². The van der Waals surface area contributed by atoms with Gasteiger partial charge in [0.05, 0.1) is 25.3 Å². The van der Waals surface area contributed by atoms with Crippen LogP contribution in [-0.4, -0.2) is 26.3 Å². The summed E-state index contributed by atoms with van der Waals surface area (Å²) >= 11 is 6.10. The van der Waals surface area contributed by atoms with Crippen molar-refractivity contribution in [3.8, 4) is 17.6 Å². The van der Waals surface area contributed by atoms with Crippen LogP contribution in [0.4, 0.5) is 0 Å². The number of esters is 1. The van der Waals surface area contributed by atoms with Gasteiger partial charge in [0.1, 0.15) is 11.6 Å². The van der Waals surface area contributed by atoms with E-state index in [-0.39, 0.29) is 12.2 Å². The number of hydrogen-bond donors (Lipinski definition) is 0. The lowest BCUT2D eigenvalue weighted by Gasteiger charge is -2.12. The Labute approximate surface area is 128 Å². The van der Waals surface area contributed by atoms with E-state index in [2.05, 4.69) is 0 Å². The monoisotopic (exact) mass is 309 g/mol. The molecule has 0 saturated carbocycles. The first-order valence-corrected chi connectivity index (χ1v) is 6.74. The summed E-state index contributed by atoms with van der Waals surface area (Å²) in [5.74, 6) is 0.176. The molecule has 112 valence electrons. The lowest BCUT2D eigenvalue weighted by molar-refractivity contribution is -0.137. The largest absolute Gasteiger partial charge is 0.491 e. The minimum Gasteiger partial charge on any atom is -0.491 e. The zero-order valence-corrected chi connectivity index (χ0v) is 12.9. The molecule has 0 saturated heterocycles. The number of methoxy groups -OCH3 is 1. The van der Waals surface area contributed by atoms with Gasteiger partial charge in [0.25, 0.3) is 0 Å². The molecule has 0 spiro atoms. The Morgan fingerprint density at radius 1 is 1.38 bits per heavy atom. The predicted octanol–water partition coefficient (Wildman–Crippen LogP) is 3.22. The minimum atomic E-state index is -0.676. The fourth-order valence-corrected chi connectivity index (χ4v) is 1.94. The highest BCUT2D eigenvalue weighted by atomic mass is 35.5. The molecule has 21 heavy (non-hydrogen) atoms. The van der Waals surface area contributed by atoms with Gasteiger partial charge in [0.15, 0.2) is 11.5 Å². The maximum absolute atomic E-state index is 11.6. The third-order valence-electron chi connectivity index (χ3n) is 2.46. The van der Waals surface area contributed by atoms with Crippen molar-refractivity contribution in [1.82, 2.24) is 0 Å². The van der Waals surface area contributed by atoms with Gasteiger partial charge in [-0.15, -0.1) is 0 Å². The Bertz CT molecular complexity index is 590. The maximum atomic E-state index is 11.6. The van der Waals surface area contributed by atoms with Crippen molar-refractivity contribution < 1.29 is 19.0 Å². The molecule has 0 atom stereocenters. The number of nitriles is 1. The molecule has 6 heteroatoms. The lowest BCUT2D eigenvalue weighted by atomic mass is 10.1. The molecule has 0 heterocycles. The Morgan fingerprint density at radius 3 is 2.62 bits per heavy atom. The number of carbonyl (C=O) groups is 1. The number of hydrogen-bond acceptors (Lipinski definition) is 5. The van der Waals surface area contributed by atoms with Crippen LogP contribution in [0.25, 0.3) is 6.08 Å². The highest BCUT2D eigenvalue weighted by Gasteiger charge is 2.14. The molecule has 0 fully saturated rings. The number of ether oxygens (including phenoxy) is 3. The summed E-state index contributed by atoms with van der Waals surface area (Å²) in [7, 11) is 1.48. The SMILES string of the molecule is CCOC(=O)/C(C#N)=C\c1cc(Cl)c(OC)c(OCC)c1. The quantitative estimate of drug-likeness (QED) is 0.458.